The molecule has 150 valence electrons. The Labute approximate surface area is 168 Å². The Morgan fingerprint density at radius 2 is 1.82 bits per heavy atom. The fourth-order valence-corrected chi connectivity index (χ4v) is 5.16. The third-order valence-electron chi connectivity index (χ3n) is 4.26. The molecule has 3 rings (SSSR count). The highest BCUT2D eigenvalue weighted by Crippen LogP contribution is 2.22. The smallest absolute Gasteiger partial charge is 0.308 e. The van der Waals surface area contributed by atoms with Gasteiger partial charge in [-0.25, -0.2) is 13.1 Å². The number of rotatable bonds is 8. The molecule has 0 aliphatic rings. The zero-order chi connectivity index (χ0) is 20.3. The van der Waals surface area contributed by atoms with Crippen LogP contribution in [-0.4, -0.2) is 26.1 Å². The maximum absolute atomic E-state index is 12.6. The number of nitrogens with one attached hydrogen (secondary N) is 1. The summed E-state index contributed by atoms with van der Waals surface area (Å²) in [5.74, 6) is 0.722. The zero-order valence-corrected chi connectivity index (χ0v) is 17.8. The van der Waals surface area contributed by atoms with Crippen LogP contribution >= 0.6 is 11.3 Å². The number of nitrogens with zero attached hydrogens (tertiary/aromatic N) is 1. The molecule has 0 spiro atoms. The van der Waals surface area contributed by atoms with E-state index in [9.17, 15) is 13.2 Å². The molecule has 0 amide bonds. The second-order valence-electron chi connectivity index (χ2n) is 6.72. The highest BCUT2D eigenvalue weighted by atomic mass is 32.2. The molecule has 0 saturated carbocycles. The Hall–Kier alpha value is -2.16. The lowest BCUT2D eigenvalue weighted by molar-refractivity contribution is 0.322. The van der Waals surface area contributed by atoms with Gasteiger partial charge in [0.25, 0.3) is 0 Å². The van der Waals surface area contributed by atoms with Crippen molar-refractivity contribution in [3.8, 4) is 5.75 Å². The average molecular weight is 421 g/mol. The Balaban J connectivity index is 1.68. The third kappa shape index (κ3) is 4.63. The van der Waals surface area contributed by atoms with Gasteiger partial charge in [-0.3, -0.25) is 9.36 Å². The first-order valence-electron chi connectivity index (χ1n) is 9.14. The first-order valence-corrected chi connectivity index (χ1v) is 11.4. The molecule has 0 fully saturated rings. The van der Waals surface area contributed by atoms with Crippen molar-refractivity contribution in [2.45, 2.75) is 38.6 Å². The number of hydrogen-bond donors (Lipinski definition) is 1. The lowest BCUT2D eigenvalue weighted by Crippen LogP contribution is -2.28. The van der Waals surface area contributed by atoms with E-state index in [0.29, 0.717) is 11.2 Å². The number of fused-ring (bicyclic) bond motifs is 1. The van der Waals surface area contributed by atoms with E-state index >= 15 is 0 Å². The molecule has 1 heterocycles. The first kappa shape index (κ1) is 20.6. The zero-order valence-electron chi connectivity index (χ0n) is 16.2. The SMILES string of the molecule is CCCn1c(=O)sc2cc(S(=O)(=O)NCCOc3cc(C)cc(C)c3)ccc21. The summed E-state index contributed by atoms with van der Waals surface area (Å²) in [4.78, 5) is 12.2. The van der Waals surface area contributed by atoms with Crippen molar-refractivity contribution in [2.75, 3.05) is 13.2 Å². The average Bonchev–Trinajstić information content (AvgIpc) is 2.93. The van der Waals surface area contributed by atoms with Crippen LogP contribution < -0.4 is 14.3 Å². The van der Waals surface area contributed by atoms with Crippen molar-refractivity contribution < 1.29 is 13.2 Å². The lowest BCUT2D eigenvalue weighted by Gasteiger charge is -2.10. The number of aryl methyl sites for hydroxylation is 3. The van der Waals surface area contributed by atoms with Crippen LogP contribution in [0.15, 0.2) is 46.1 Å². The second-order valence-corrected chi connectivity index (χ2v) is 9.48. The Morgan fingerprint density at radius 1 is 1.11 bits per heavy atom. The molecule has 0 aliphatic carbocycles. The number of hydrogen-bond acceptors (Lipinski definition) is 5. The minimum absolute atomic E-state index is 0.0683. The van der Waals surface area contributed by atoms with Crippen LogP contribution in [0.3, 0.4) is 0 Å². The number of aromatic nitrogens is 1. The maximum atomic E-state index is 12.6. The highest BCUT2D eigenvalue weighted by Gasteiger charge is 2.16. The quantitative estimate of drug-likeness (QED) is 0.566. The van der Waals surface area contributed by atoms with Gasteiger partial charge in [0, 0.05) is 13.1 Å². The molecular weight excluding hydrogens is 396 g/mol. The van der Waals surface area contributed by atoms with Crippen molar-refractivity contribution >= 4 is 31.6 Å². The van der Waals surface area contributed by atoms with Gasteiger partial charge >= 0.3 is 4.87 Å². The van der Waals surface area contributed by atoms with Crippen LogP contribution in [0.1, 0.15) is 24.5 Å². The van der Waals surface area contributed by atoms with Crippen LogP contribution in [0.25, 0.3) is 10.2 Å². The van der Waals surface area contributed by atoms with Gasteiger partial charge in [0.2, 0.25) is 10.0 Å². The second kappa shape index (κ2) is 8.46. The molecule has 1 aromatic heterocycles. The van der Waals surface area contributed by atoms with Crippen LogP contribution in [-0.2, 0) is 16.6 Å². The van der Waals surface area contributed by atoms with Crippen LogP contribution in [0, 0.1) is 13.8 Å². The predicted octanol–water partition coefficient (Wildman–Crippen LogP) is 3.45. The Morgan fingerprint density at radius 3 is 2.50 bits per heavy atom. The van der Waals surface area contributed by atoms with E-state index in [1.807, 2.05) is 39.0 Å². The summed E-state index contributed by atoms with van der Waals surface area (Å²) in [7, 11) is -3.67. The maximum Gasteiger partial charge on any atom is 0.308 e. The number of ether oxygens (including phenoxy) is 1. The van der Waals surface area contributed by atoms with E-state index in [1.165, 1.54) is 6.07 Å². The van der Waals surface area contributed by atoms with Gasteiger partial charge in [-0.15, -0.1) is 0 Å². The Kier molecular flexibility index (Phi) is 6.22. The number of benzene rings is 2. The molecule has 8 heteroatoms. The van der Waals surface area contributed by atoms with Crippen molar-refractivity contribution in [1.29, 1.82) is 0 Å². The summed E-state index contributed by atoms with van der Waals surface area (Å²) in [5.41, 5.74) is 2.96. The minimum atomic E-state index is -3.67. The normalized spacial score (nSPS) is 11.8. The van der Waals surface area contributed by atoms with Crippen molar-refractivity contribution in [2.24, 2.45) is 0 Å². The van der Waals surface area contributed by atoms with Crippen molar-refractivity contribution in [3.05, 3.63) is 57.2 Å². The number of thiazole rings is 1. The summed E-state index contributed by atoms with van der Waals surface area (Å²) >= 11 is 1.07. The van der Waals surface area contributed by atoms with Crippen molar-refractivity contribution in [3.63, 3.8) is 0 Å². The van der Waals surface area contributed by atoms with E-state index in [2.05, 4.69) is 4.72 Å². The van der Waals surface area contributed by atoms with Crippen LogP contribution in [0.2, 0.25) is 0 Å². The predicted molar refractivity (Wildman–Crippen MR) is 113 cm³/mol. The molecule has 0 aliphatic heterocycles. The molecule has 28 heavy (non-hydrogen) atoms. The molecule has 2 aromatic carbocycles. The molecule has 0 atom stereocenters. The molecule has 1 N–H and O–H groups in total. The van der Waals surface area contributed by atoms with E-state index in [4.69, 9.17) is 4.74 Å². The monoisotopic (exact) mass is 420 g/mol. The molecule has 0 bridgehead atoms. The molecule has 0 radical (unpaired) electrons. The van der Waals surface area contributed by atoms with Gasteiger partial charge in [-0.1, -0.05) is 24.3 Å². The third-order valence-corrected chi connectivity index (χ3v) is 6.66. The topological polar surface area (TPSA) is 77.4 Å². The first-order chi connectivity index (χ1) is 13.3. The largest absolute Gasteiger partial charge is 0.492 e. The molecule has 3 aromatic rings. The van der Waals surface area contributed by atoms with E-state index in [-0.39, 0.29) is 22.9 Å². The van der Waals surface area contributed by atoms with E-state index < -0.39 is 10.0 Å². The highest BCUT2D eigenvalue weighted by molar-refractivity contribution is 7.89. The summed E-state index contributed by atoms with van der Waals surface area (Å²) in [6.07, 6.45) is 0.841. The van der Waals surface area contributed by atoms with Crippen LogP contribution in [0.4, 0.5) is 0 Å². The summed E-state index contributed by atoms with van der Waals surface area (Å²) < 4.78 is 35.7. The van der Waals surface area contributed by atoms with E-state index in [1.54, 1.807) is 16.7 Å². The van der Waals surface area contributed by atoms with Crippen LogP contribution in [0.5, 0.6) is 5.75 Å². The fraction of sp³-hybridized carbons (Fsp3) is 0.350. The minimum Gasteiger partial charge on any atom is -0.492 e. The summed E-state index contributed by atoms with van der Waals surface area (Å²) in [6.45, 7) is 6.98. The van der Waals surface area contributed by atoms with Gasteiger partial charge < -0.3 is 4.74 Å². The van der Waals surface area contributed by atoms with Gasteiger partial charge in [-0.2, -0.15) is 0 Å². The lowest BCUT2D eigenvalue weighted by atomic mass is 10.1. The van der Waals surface area contributed by atoms with Gasteiger partial charge in [-0.05, 0) is 61.7 Å². The Bertz CT molecular complexity index is 1130. The van der Waals surface area contributed by atoms with Gasteiger partial charge in [0.15, 0.2) is 0 Å². The summed E-state index contributed by atoms with van der Waals surface area (Å²) in [6, 6.07) is 10.7. The molecule has 6 nitrogen and oxygen atoms in total. The van der Waals surface area contributed by atoms with Gasteiger partial charge in [0.05, 0.1) is 15.1 Å². The fourth-order valence-electron chi connectivity index (χ4n) is 3.09. The van der Waals surface area contributed by atoms with Crippen molar-refractivity contribution in [1.82, 2.24) is 9.29 Å². The molecule has 0 saturated heterocycles. The molecular formula is C20H24N2O4S2. The summed E-state index contributed by atoms with van der Waals surface area (Å²) in [5, 5.41) is 0. The van der Waals surface area contributed by atoms with E-state index in [0.717, 1.165) is 40.2 Å². The standard InChI is InChI=1S/C20H24N2O4S2/c1-4-8-22-18-6-5-17(13-19(18)27-20(22)23)28(24,25)21-7-9-26-16-11-14(2)10-15(3)12-16/h5-6,10-13,21H,4,7-9H2,1-3H3. The van der Waals surface area contributed by atoms with Gasteiger partial charge in [0.1, 0.15) is 12.4 Å². The number of sulfonamides is 1. The molecule has 0 unspecified atom stereocenters.